The van der Waals surface area contributed by atoms with E-state index in [1.807, 2.05) is 0 Å². The summed E-state index contributed by atoms with van der Waals surface area (Å²) >= 11 is 0. The van der Waals surface area contributed by atoms with Gasteiger partial charge in [-0.05, 0) is 19.3 Å². The number of hydrogen-bond acceptors (Lipinski definition) is 3. The highest BCUT2D eigenvalue weighted by molar-refractivity contribution is 5.78. The molecule has 0 unspecified atom stereocenters. The van der Waals surface area contributed by atoms with Crippen LogP contribution in [-0.2, 0) is 14.3 Å². The van der Waals surface area contributed by atoms with Gasteiger partial charge in [0.1, 0.15) is 5.78 Å². The minimum Gasteiger partial charge on any atom is -0.469 e. The number of ketones is 1. The first kappa shape index (κ1) is 27.1. The molecule has 3 heteroatoms. The highest BCUT2D eigenvalue weighted by Gasteiger charge is 2.04. The lowest BCUT2D eigenvalue weighted by Gasteiger charge is -2.04. The van der Waals surface area contributed by atoms with Crippen molar-refractivity contribution in [2.45, 2.75) is 142 Å². The standard InChI is InChI=1S/C25H48O3/c1-3-4-5-6-7-8-9-10-11-12-13-14-15-16-17-18-21-24(26)22-19-20-23-25(27)28-2/h3-23H2,1-2H3. The molecular formula is C25H48O3. The topological polar surface area (TPSA) is 43.4 Å². The van der Waals surface area contributed by atoms with Crippen molar-refractivity contribution in [3.8, 4) is 0 Å². The molecule has 0 aromatic rings. The van der Waals surface area contributed by atoms with E-state index in [9.17, 15) is 9.59 Å². The minimum absolute atomic E-state index is 0.176. The van der Waals surface area contributed by atoms with Crippen LogP contribution in [0.25, 0.3) is 0 Å². The summed E-state index contributed by atoms with van der Waals surface area (Å²) in [6.45, 7) is 2.28. The summed E-state index contributed by atoms with van der Waals surface area (Å²) in [5.41, 5.74) is 0. The molecule has 0 radical (unpaired) electrons. The number of rotatable bonds is 22. The molecule has 0 aliphatic rings. The lowest BCUT2D eigenvalue weighted by atomic mass is 10.0. The molecular weight excluding hydrogens is 348 g/mol. The number of carbonyl (C=O) groups is 2. The molecule has 0 aromatic heterocycles. The third-order valence-corrected chi connectivity index (χ3v) is 5.62. The monoisotopic (exact) mass is 396 g/mol. The molecule has 0 atom stereocenters. The van der Waals surface area contributed by atoms with Crippen molar-refractivity contribution in [2.75, 3.05) is 7.11 Å². The van der Waals surface area contributed by atoms with Crippen molar-refractivity contribution in [2.24, 2.45) is 0 Å². The number of hydrogen-bond donors (Lipinski definition) is 0. The lowest BCUT2D eigenvalue weighted by Crippen LogP contribution is -2.01. The second-order valence-corrected chi connectivity index (χ2v) is 8.38. The molecule has 0 saturated heterocycles. The predicted octanol–water partition coefficient (Wildman–Crippen LogP) is 7.94. The van der Waals surface area contributed by atoms with Crippen molar-refractivity contribution in [3.05, 3.63) is 0 Å². The molecule has 28 heavy (non-hydrogen) atoms. The highest BCUT2D eigenvalue weighted by atomic mass is 16.5. The molecule has 3 nitrogen and oxygen atoms in total. The first-order chi connectivity index (χ1) is 13.7. The molecule has 0 amide bonds. The number of carbonyl (C=O) groups excluding carboxylic acids is 2. The molecule has 0 bridgehead atoms. The summed E-state index contributed by atoms with van der Waals surface area (Å²) < 4.78 is 4.60. The minimum atomic E-state index is -0.176. The highest BCUT2D eigenvalue weighted by Crippen LogP contribution is 2.14. The van der Waals surface area contributed by atoms with Crippen LogP contribution in [0.5, 0.6) is 0 Å². The van der Waals surface area contributed by atoms with Gasteiger partial charge in [-0.15, -0.1) is 0 Å². The summed E-state index contributed by atoms with van der Waals surface area (Å²) in [6, 6.07) is 0. The van der Waals surface area contributed by atoms with Gasteiger partial charge in [-0.3, -0.25) is 9.59 Å². The summed E-state index contributed by atoms with van der Waals surface area (Å²) in [5, 5.41) is 0. The molecule has 0 rings (SSSR count). The Bertz CT molecular complexity index is 352. The van der Waals surface area contributed by atoms with Crippen LogP contribution in [0.4, 0.5) is 0 Å². The molecule has 0 spiro atoms. The van der Waals surface area contributed by atoms with Crippen LogP contribution in [0, 0.1) is 0 Å². The SMILES string of the molecule is CCCCCCCCCCCCCCCCCCC(=O)CCCCC(=O)OC. The van der Waals surface area contributed by atoms with E-state index in [1.54, 1.807) is 0 Å². The summed E-state index contributed by atoms with van der Waals surface area (Å²) in [6.07, 6.45) is 25.1. The maximum Gasteiger partial charge on any atom is 0.305 e. The Kier molecular flexibility index (Phi) is 21.7. The maximum atomic E-state index is 11.8. The van der Waals surface area contributed by atoms with Gasteiger partial charge in [0.2, 0.25) is 0 Å². The Labute approximate surface area is 175 Å². The van der Waals surface area contributed by atoms with Gasteiger partial charge in [0.15, 0.2) is 0 Å². The van der Waals surface area contributed by atoms with E-state index >= 15 is 0 Å². The van der Waals surface area contributed by atoms with E-state index in [2.05, 4.69) is 11.7 Å². The normalized spacial score (nSPS) is 10.9. The fourth-order valence-corrected chi connectivity index (χ4v) is 3.69. The summed E-state index contributed by atoms with van der Waals surface area (Å²) in [5.74, 6) is 0.181. The first-order valence-corrected chi connectivity index (χ1v) is 12.3. The first-order valence-electron chi connectivity index (χ1n) is 12.3. The van der Waals surface area contributed by atoms with E-state index in [0.29, 0.717) is 18.6 Å². The largest absolute Gasteiger partial charge is 0.469 e. The molecule has 166 valence electrons. The molecule has 0 fully saturated rings. The van der Waals surface area contributed by atoms with Crippen molar-refractivity contribution in [1.82, 2.24) is 0 Å². The zero-order chi connectivity index (χ0) is 20.7. The molecule has 0 saturated carbocycles. The molecule has 0 heterocycles. The van der Waals surface area contributed by atoms with Crippen LogP contribution in [0.15, 0.2) is 0 Å². The van der Waals surface area contributed by atoms with Gasteiger partial charge in [-0.2, -0.15) is 0 Å². The van der Waals surface area contributed by atoms with Crippen molar-refractivity contribution in [1.29, 1.82) is 0 Å². The average Bonchev–Trinajstić information content (AvgIpc) is 2.70. The number of Topliss-reactive ketones (excluding diaryl/α,β-unsaturated/α-hetero) is 1. The van der Waals surface area contributed by atoms with Gasteiger partial charge in [-0.25, -0.2) is 0 Å². The van der Waals surface area contributed by atoms with E-state index in [4.69, 9.17) is 0 Å². The maximum absolute atomic E-state index is 11.8. The number of esters is 1. The second-order valence-electron chi connectivity index (χ2n) is 8.38. The Hall–Kier alpha value is -0.860. The summed E-state index contributed by atoms with van der Waals surface area (Å²) in [7, 11) is 1.41. The van der Waals surface area contributed by atoms with Crippen LogP contribution in [0.2, 0.25) is 0 Å². The Morgan fingerprint density at radius 1 is 0.500 bits per heavy atom. The molecule has 0 aliphatic carbocycles. The van der Waals surface area contributed by atoms with Crippen molar-refractivity contribution >= 4 is 11.8 Å². The number of unbranched alkanes of at least 4 members (excludes halogenated alkanes) is 16. The van der Waals surface area contributed by atoms with E-state index in [0.717, 1.165) is 25.7 Å². The molecule has 0 aliphatic heterocycles. The predicted molar refractivity (Wildman–Crippen MR) is 120 cm³/mol. The Morgan fingerprint density at radius 3 is 1.21 bits per heavy atom. The van der Waals surface area contributed by atoms with Crippen LogP contribution in [0.3, 0.4) is 0 Å². The van der Waals surface area contributed by atoms with Crippen molar-refractivity contribution < 1.29 is 14.3 Å². The van der Waals surface area contributed by atoms with Crippen LogP contribution in [0.1, 0.15) is 142 Å². The van der Waals surface area contributed by atoms with Crippen LogP contribution >= 0.6 is 0 Å². The van der Waals surface area contributed by atoms with Gasteiger partial charge < -0.3 is 4.74 Å². The van der Waals surface area contributed by atoms with Gasteiger partial charge in [0.25, 0.3) is 0 Å². The van der Waals surface area contributed by atoms with E-state index < -0.39 is 0 Å². The number of ether oxygens (including phenoxy) is 1. The zero-order valence-corrected chi connectivity index (χ0v) is 19.1. The lowest BCUT2D eigenvalue weighted by molar-refractivity contribution is -0.140. The Morgan fingerprint density at radius 2 is 0.821 bits per heavy atom. The van der Waals surface area contributed by atoms with Gasteiger partial charge >= 0.3 is 5.97 Å². The van der Waals surface area contributed by atoms with E-state index in [-0.39, 0.29) is 5.97 Å². The third kappa shape index (κ3) is 21.4. The van der Waals surface area contributed by atoms with Gasteiger partial charge in [0.05, 0.1) is 7.11 Å². The number of methoxy groups -OCH3 is 1. The quantitative estimate of drug-likeness (QED) is 0.138. The molecule has 0 N–H and O–H groups in total. The van der Waals surface area contributed by atoms with Crippen LogP contribution in [-0.4, -0.2) is 18.9 Å². The zero-order valence-electron chi connectivity index (χ0n) is 19.1. The van der Waals surface area contributed by atoms with Crippen molar-refractivity contribution in [3.63, 3.8) is 0 Å². The smallest absolute Gasteiger partial charge is 0.305 e. The molecule has 0 aromatic carbocycles. The average molecular weight is 397 g/mol. The fraction of sp³-hybridized carbons (Fsp3) is 0.920. The Balaban J connectivity index is 3.15. The van der Waals surface area contributed by atoms with E-state index in [1.165, 1.54) is 103 Å². The summed E-state index contributed by atoms with van der Waals surface area (Å²) in [4.78, 5) is 22.8. The fourth-order valence-electron chi connectivity index (χ4n) is 3.69. The third-order valence-electron chi connectivity index (χ3n) is 5.62. The van der Waals surface area contributed by atoms with Gasteiger partial charge in [-0.1, -0.05) is 103 Å². The van der Waals surface area contributed by atoms with Gasteiger partial charge in [0, 0.05) is 19.3 Å². The van der Waals surface area contributed by atoms with Crippen LogP contribution < -0.4 is 0 Å². The second kappa shape index (κ2) is 22.4.